The minimum absolute atomic E-state index is 0.222. The maximum Gasteiger partial charge on any atom is 0.412 e. The van der Waals surface area contributed by atoms with Crippen molar-refractivity contribution in [3.63, 3.8) is 0 Å². The monoisotopic (exact) mass is 262 g/mol. The second-order valence-electron chi connectivity index (χ2n) is 5.25. The van der Waals surface area contributed by atoms with Gasteiger partial charge in [0.25, 0.3) is 0 Å². The fraction of sp³-hybridized carbons (Fsp3) is 0.533. The zero-order chi connectivity index (χ0) is 13.7. The summed E-state index contributed by atoms with van der Waals surface area (Å²) in [4.78, 5) is 11.9. The first-order chi connectivity index (χ1) is 9.16. The molecule has 104 valence electrons. The number of ether oxygens (including phenoxy) is 1. The quantitative estimate of drug-likeness (QED) is 0.880. The van der Waals surface area contributed by atoms with Crippen LogP contribution in [-0.2, 0) is 0 Å². The van der Waals surface area contributed by atoms with Gasteiger partial charge in [0.15, 0.2) is 0 Å². The lowest BCUT2D eigenvalue weighted by atomic mass is 10.0. The van der Waals surface area contributed by atoms with Crippen LogP contribution >= 0.6 is 0 Å². The Morgan fingerprint density at radius 1 is 1.32 bits per heavy atom. The molecule has 19 heavy (non-hydrogen) atoms. The van der Waals surface area contributed by atoms with Crippen LogP contribution < -0.4 is 15.4 Å². The van der Waals surface area contributed by atoms with Crippen LogP contribution in [0.3, 0.4) is 0 Å². The summed E-state index contributed by atoms with van der Waals surface area (Å²) in [7, 11) is 0. The molecule has 1 aliphatic rings. The third kappa shape index (κ3) is 3.96. The third-order valence-corrected chi connectivity index (χ3v) is 3.40. The number of piperidine rings is 1. The lowest BCUT2D eigenvalue weighted by Gasteiger charge is -2.23. The zero-order valence-corrected chi connectivity index (χ0v) is 11.6. The van der Waals surface area contributed by atoms with Gasteiger partial charge in [-0.3, -0.25) is 0 Å². The first-order valence-corrected chi connectivity index (χ1v) is 6.95. The fourth-order valence-corrected chi connectivity index (χ4v) is 2.31. The van der Waals surface area contributed by atoms with Crippen molar-refractivity contribution in [3.05, 3.63) is 29.8 Å². The van der Waals surface area contributed by atoms with Gasteiger partial charge in [-0.1, -0.05) is 32.0 Å². The number of carbonyl (C=O) groups is 1. The van der Waals surface area contributed by atoms with Crippen LogP contribution in [0, 0.1) is 0 Å². The highest BCUT2D eigenvalue weighted by Crippen LogP contribution is 2.25. The van der Waals surface area contributed by atoms with Crippen LogP contribution in [0.15, 0.2) is 24.3 Å². The van der Waals surface area contributed by atoms with Crippen molar-refractivity contribution in [2.75, 3.05) is 13.1 Å². The molecule has 0 spiro atoms. The zero-order valence-electron chi connectivity index (χ0n) is 11.6. The molecule has 1 aromatic rings. The number of amides is 1. The number of benzene rings is 1. The van der Waals surface area contributed by atoms with E-state index in [4.69, 9.17) is 4.74 Å². The van der Waals surface area contributed by atoms with Crippen molar-refractivity contribution in [1.29, 1.82) is 0 Å². The summed E-state index contributed by atoms with van der Waals surface area (Å²) >= 11 is 0. The van der Waals surface area contributed by atoms with Crippen molar-refractivity contribution >= 4 is 6.09 Å². The van der Waals surface area contributed by atoms with E-state index in [9.17, 15) is 4.79 Å². The van der Waals surface area contributed by atoms with Crippen LogP contribution in [0.2, 0.25) is 0 Å². The lowest BCUT2D eigenvalue weighted by molar-refractivity contribution is 0.192. The normalized spacial score (nSPS) is 16.4. The first-order valence-electron chi connectivity index (χ1n) is 6.95. The third-order valence-electron chi connectivity index (χ3n) is 3.40. The smallest absolute Gasteiger partial charge is 0.410 e. The molecule has 0 aliphatic carbocycles. The van der Waals surface area contributed by atoms with Crippen LogP contribution in [0.25, 0.3) is 0 Å². The van der Waals surface area contributed by atoms with Gasteiger partial charge in [-0.25, -0.2) is 4.79 Å². The molecule has 4 nitrogen and oxygen atoms in total. The summed E-state index contributed by atoms with van der Waals surface area (Å²) in [5.41, 5.74) is 1.06. The Kier molecular flexibility index (Phi) is 4.80. The predicted octanol–water partition coefficient (Wildman–Crippen LogP) is 2.65. The van der Waals surface area contributed by atoms with Gasteiger partial charge < -0.3 is 15.4 Å². The van der Waals surface area contributed by atoms with Gasteiger partial charge in [-0.15, -0.1) is 0 Å². The molecule has 0 unspecified atom stereocenters. The van der Waals surface area contributed by atoms with Crippen LogP contribution in [0.1, 0.15) is 38.2 Å². The molecule has 1 heterocycles. The molecule has 1 aliphatic heterocycles. The van der Waals surface area contributed by atoms with Crippen molar-refractivity contribution < 1.29 is 9.53 Å². The van der Waals surface area contributed by atoms with Gasteiger partial charge in [0, 0.05) is 6.04 Å². The Hall–Kier alpha value is -1.55. The lowest BCUT2D eigenvalue weighted by Crippen LogP contribution is -2.43. The Morgan fingerprint density at radius 2 is 2.00 bits per heavy atom. The van der Waals surface area contributed by atoms with E-state index in [0.29, 0.717) is 11.7 Å². The van der Waals surface area contributed by atoms with E-state index in [1.165, 1.54) is 0 Å². The number of hydrogen-bond acceptors (Lipinski definition) is 3. The van der Waals surface area contributed by atoms with Gasteiger partial charge >= 0.3 is 6.09 Å². The number of rotatable bonds is 3. The fourth-order valence-electron chi connectivity index (χ4n) is 2.31. The van der Waals surface area contributed by atoms with E-state index in [1.807, 2.05) is 24.3 Å². The SMILES string of the molecule is CC(C)c1ccccc1OC(=O)NC1CCNCC1. The number of carbonyl (C=O) groups excluding carboxylic acids is 1. The predicted molar refractivity (Wildman–Crippen MR) is 75.6 cm³/mol. The summed E-state index contributed by atoms with van der Waals surface area (Å²) in [6, 6.07) is 7.92. The van der Waals surface area contributed by atoms with Crippen molar-refractivity contribution in [2.45, 2.75) is 38.6 Å². The van der Waals surface area contributed by atoms with E-state index in [2.05, 4.69) is 24.5 Å². The molecule has 1 saturated heterocycles. The maximum atomic E-state index is 11.9. The molecule has 0 radical (unpaired) electrons. The minimum atomic E-state index is -0.347. The van der Waals surface area contributed by atoms with E-state index in [-0.39, 0.29) is 12.1 Å². The molecule has 0 saturated carbocycles. The molecule has 0 atom stereocenters. The molecule has 0 aromatic heterocycles. The summed E-state index contributed by atoms with van der Waals surface area (Å²) in [5, 5.41) is 6.20. The van der Waals surface area contributed by atoms with E-state index >= 15 is 0 Å². The Bertz CT molecular complexity index is 426. The van der Waals surface area contributed by atoms with Crippen molar-refractivity contribution in [1.82, 2.24) is 10.6 Å². The van der Waals surface area contributed by atoms with E-state index < -0.39 is 0 Å². The number of para-hydroxylation sites is 1. The molecular weight excluding hydrogens is 240 g/mol. The van der Waals surface area contributed by atoms with Crippen molar-refractivity contribution in [3.8, 4) is 5.75 Å². The van der Waals surface area contributed by atoms with Gasteiger partial charge in [0.1, 0.15) is 5.75 Å². The summed E-state index contributed by atoms with van der Waals surface area (Å²) in [5.74, 6) is 0.992. The van der Waals surface area contributed by atoms with Crippen LogP contribution in [0.4, 0.5) is 4.79 Å². The standard InChI is InChI=1S/C15H22N2O2/c1-11(2)13-5-3-4-6-14(13)19-15(18)17-12-7-9-16-10-8-12/h3-6,11-12,16H,7-10H2,1-2H3,(H,17,18). The molecule has 1 aromatic carbocycles. The summed E-state index contributed by atoms with van der Waals surface area (Å²) in [6.07, 6.45) is 1.57. The van der Waals surface area contributed by atoms with Crippen LogP contribution in [-0.4, -0.2) is 25.2 Å². The topological polar surface area (TPSA) is 50.4 Å². The number of nitrogens with one attached hydrogen (secondary N) is 2. The Labute approximate surface area is 114 Å². The molecule has 2 rings (SSSR count). The Balaban J connectivity index is 1.94. The van der Waals surface area contributed by atoms with Gasteiger partial charge in [0.05, 0.1) is 0 Å². The molecule has 1 amide bonds. The van der Waals surface area contributed by atoms with E-state index in [0.717, 1.165) is 31.5 Å². The highest BCUT2D eigenvalue weighted by Gasteiger charge is 2.17. The second-order valence-corrected chi connectivity index (χ2v) is 5.25. The number of hydrogen-bond donors (Lipinski definition) is 2. The highest BCUT2D eigenvalue weighted by atomic mass is 16.6. The van der Waals surface area contributed by atoms with Gasteiger partial charge in [-0.2, -0.15) is 0 Å². The molecule has 4 heteroatoms. The van der Waals surface area contributed by atoms with Gasteiger partial charge in [0.2, 0.25) is 0 Å². The van der Waals surface area contributed by atoms with Crippen molar-refractivity contribution in [2.24, 2.45) is 0 Å². The first kappa shape index (κ1) is 13.9. The minimum Gasteiger partial charge on any atom is -0.410 e. The largest absolute Gasteiger partial charge is 0.412 e. The highest BCUT2D eigenvalue weighted by molar-refractivity contribution is 5.71. The van der Waals surface area contributed by atoms with E-state index in [1.54, 1.807) is 0 Å². The summed E-state index contributed by atoms with van der Waals surface area (Å²) in [6.45, 7) is 6.08. The maximum absolute atomic E-state index is 11.9. The summed E-state index contributed by atoms with van der Waals surface area (Å²) < 4.78 is 5.44. The average Bonchev–Trinajstić information content (AvgIpc) is 2.40. The second kappa shape index (κ2) is 6.57. The Morgan fingerprint density at radius 3 is 2.68 bits per heavy atom. The average molecular weight is 262 g/mol. The van der Waals surface area contributed by atoms with Gasteiger partial charge in [-0.05, 0) is 43.5 Å². The molecule has 2 N–H and O–H groups in total. The molecular formula is C15H22N2O2. The van der Waals surface area contributed by atoms with Crippen LogP contribution in [0.5, 0.6) is 5.75 Å². The molecule has 0 bridgehead atoms. The molecule has 1 fully saturated rings.